The molecule has 4 heteroatoms. The highest BCUT2D eigenvalue weighted by Crippen LogP contribution is 2.33. The fraction of sp³-hybridized carbons (Fsp3) is 0.333. The Hall–Kier alpha value is 0.880. The van der Waals surface area contributed by atoms with Crippen LogP contribution in [-0.2, 0) is 0 Å². The predicted molar refractivity (Wildman–Crippen MR) is 52.7 cm³/mol. The summed E-state index contributed by atoms with van der Waals surface area (Å²) in [5.74, 6) is 0. The second-order valence-electron chi connectivity index (χ2n) is 2.01. The molecule has 0 spiro atoms. The molecule has 0 bridgehead atoms. The molecule has 2 atom stereocenters. The van der Waals surface area contributed by atoms with Crippen LogP contribution >= 0.6 is 47.8 Å². The summed E-state index contributed by atoms with van der Waals surface area (Å²) in [5, 5.41) is 9.48. The van der Waals surface area contributed by atoms with Crippen molar-refractivity contribution in [3.63, 3.8) is 0 Å². The molecular weight excluding hydrogens is 328 g/mol. The number of aliphatic hydroxyl groups is 1. The summed E-state index contributed by atoms with van der Waals surface area (Å²) in [7, 11) is 0. The fourth-order valence-electron chi connectivity index (χ4n) is 0.601. The second-order valence-corrected chi connectivity index (χ2v) is 5.19. The van der Waals surface area contributed by atoms with Crippen molar-refractivity contribution in [2.24, 2.45) is 0 Å². The Bertz CT molecular complexity index is 195. The molecule has 1 aliphatic rings. The summed E-state index contributed by atoms with van der Waals surface area (Å²) < 4.78 is 0.0306. The molecular formula is C6H5Br3O. The van der Waals surface area contributed by atoms with Crippen molar-refractivity contribution in [2.75, 3.05) is 0 Å². The zero-order chi connectivity index (χ0) is 7.78. The van der Waals surface area contributed by atoms with E-state index in [0.717, 1.165) is 4.48 Å². The Morgan fingerprint density at radius 3 is 2.60 bits per heavy atom. The van der Waals surface area contributed by atoms with Crippen LogP contribution < -0.4 is 0 Å². The zero-order valence-electron chi connectivity index (χ0n) is 4.89. The van der Waals surface area contributed by atoms with Gasteiger partial charge >= 0.3 is 0 Å². The molecule has 0 saturated carbocycles. The maximum Gasteiger partial charge on any atom is 0.154 e. The van der Waals surface area contributed by atoms with Gasteiger partial charge in [0.15, 0.2) is 4.51 Å². The van der Waals surface area contributed by atoms with Crippen LogP contribution in [0.3, 0.4) is 0 Å². The molecule has 0 aromatic carbocycles. The molecule has 1 rings (SSSR count). The first-order chi connectivity index (χ1) is 4.52. The molecule has 1 nitrogen and oxygen atoms in total. The molecule has 0 aromatic heterocycles. The number of hydrogen-bond donors (Lipinski definition) is 1. The van der Waals surface area contributed by atoms with Gasteiger partial charge in [0.1, 0.15) is 0 Å². The molecule has 0 heterocycles. The SMILES string of the molecule is OC1(Br)C=CC(Br)=CC1Br. The lowest BCUT2D eigenvalue weighted by molar-refractivity contribution is 0.204. The van der Waals surface area contributed by atoms with Crippen LogP contribution in [-0.4, -0.2) is 14.4 Å². The van der Waals surface area contributed by atoms with Gasteiger partial charge in [-0.25, -0.2) is 0 Å². The Balaban J connectivity index is 2.84. The van der Waals surface area contributed by atoms with Gasteiger partial charge in [-0.05, 0) is 28.1 Å². The third kappa shape index (κ3) is 1.94. The minimum absolute atomic E-state index is 0.0839. The Kier molecular flexibility index (Phi) is 2.77. The molecule has 1 N–H and O–H groups in total. The van der Waals surface area contributed by atoms with Crippen LogP contribution in [0, 0.1) is 0 Å². The first kappa shape index (κ1) is 8.97. The minimum atomic E-state index is -0.940. The normalized spacial score (nSPS) is 39.6. The van der Waals surface area contributed by atoms with Crippen molar-refractivity contribution in [1.82, 2.24) is 0 Å². The lowest BCUT2D eigenvalue weighted by atomic mass is 10.1. The minimum Gasteiger partial charge on any atom is -0.374 e. The number of hydrogen-bond acceptors (Lipinski definition) is 1. The maximum absolute atomic E-state index is 9.48. The number of halogens is 3. The third-order valence-corrected chi connectivity index (χ3v) is 4.03. The third-order valence-electron chi connectivity index (χ3n) is 1.17. The monoisotopic (exact) mass is 330 g/mol. The van der Waals surface area contributed by atoms with Gasteiger partial charge in [-0.15, -0.1) is 0 Å². The summed E-state index contributed by atoms with van der Waals surface area (Å²) in [6, 6.07) is 0. The van der Waals surface area contributed by atoms with Gasteiger partial charge in [0.05, 0.1) is 4.83 Å². The average Bonchev–Trinajstić information content (AvgIpc) is 1.81. The average molecular weight is 333 g/mol. The molecule has 0 aliphatic heterocycles. The smallest absolute Gasteiger partial charge is 0.154 e. The molecule has 2 unspecified atom stereocenters. The molecule has 10 heavy (non-hydrogen) atoms. The van der Waals surface area contributed by atoms with E-state index in [1.165, 1.54) is 0 Å². The summed E-state index contributed by atoms with van der Waals surface area (Å²) in [6.45, 7) is 0. The Morgan fingerprint density at radius 2 is 2.20 bits per heavy atom. The Labute approximate surface area is 84.6 Å². The van der Waals surface area contributed by atoms with Gasteiger partial charge < -0.3 is 5.11 Å². The van der Waals surface area contributed by atoms with Crippen LogP contribution in [0.4, 0.5) is 0 Å². The van der Waals surface area contributed by atoms with Crippen molar-refractivity contribution >= 4 is 47.8 Å². The summed E-state index contributed by atoms with van der Waals surface area (Å²) in [4.78, 5) is -0.0839. The summed E-state index contributed by atoms with van der Waals surface area (Å²) in [6.07, 6.45) is 5.35. The van der Waals surface area contributed by atoms with Crippen molar-refractivity contribution in [3.8, 4) is 0 Å². The van der Waals surface area contributed by atoms with Gasteiger partial charge in [0.2, 0.25) is 0 Å². The van der Waals surface area contributed by atoms with Crippen molar-refractivity contribution in [2.45, 2.75) is 9.34 Å². The van der Waals surface area contributed by atoms with E-state index in [4.69, 9.17) is 0 Å². The fourth-order valence-corrected chi connectivity index (χ4v) is 2.05. The molecule has 1 aliphatic carbocycles. The zero-order valence-corrected chi connectivity index (χ0v) is 9.65. The number of rotatable bonds is 0. The van der Waals surface area contributed by atoms with E-state index in [2.05, 4.69) is 47.8 Å². The lowest BCUT2D eigenvalue weighted by Crippen LogP contribution is -2.29. The van der Waals surface area contributed by atoms with Gasteiger partial charge in [-0.3, -0.25) is 0 Å². The second kappa shape index (κ2) is 3.09. The van der Waals surface area contributed by atoms with Crippen molar-refractivity contribution < 1.29 is 5.11 Å². The van der Waals surface area contributed by atoms with Gasteiger partial charge in [0.25, 0.3) is 0 Å². The highest BCUT2D eigenvalue weighted by Gasteiger charge is 2.29. The highest BCUT2D eigenvalue weighted by molar-refractivity contribution is 9.13. The van der Waals surface area contributed by atoms with Crippen LogP contribution in [0.15, 0.2) is 22.7 Å². The Morgan fingerprint density at radius 1 is 1.60 bits per heavy atom. The molecule has 0 aromatic rings. The van der Waals surface area contributed by atoms with Crippen LogP contribution in [0.1, 0.15) is 0 Å². The topological polar surface area (TPSA) is 20.2 Å². The van der Waals surface area contributed by atoms with Crippen molar-refractivity contribution in [3.05, 3.63) is 22.7 Å². The van der Waals surface area contributed by atoms with E-state index in [-0.39, 0.29) is 4.83 Å². The molecule has 0 amide bonds. The van der Waals surface area contributed by atoms with E-state index in [0.29, 0.717) is 0 Å². The van der Waals surface area contributed by atoms with E-state index >= 15 is 0 Å². The molecule has 0 saturated heterocycles. The lowest BCUT2D eigenvalue weighted by Gasteiger charge is -2.23. The van der Waals surface area contributed by atoms with Gasteiger partial charge in [-0.2, -0.15) is 0 Å². The van der Waals surface area contributed by atoms with Gasteiger partial charge in [-0.1, -0.05) is 37.9 Å². The van der Waals surface area contributed by atoms with Crippen LogP contribution in [0.2, 0.25) is 0 Å². The number of alkyl halides is 2. The standard InChI is InChI=1S/C6H5Br3O/c7-4-1-2-6(9,10)5(8)3-4/h1-3,5,10H. The molecule has 0 fully saturated rings. The van der Waals surface area contributed by atoms with E-state index in [9.17, 15) is 5.11 Å². The summed E-state index contributed by atoms with van der Waals surface area (Å²) >= 11 is 9.73. The van der Waals surface area contributed by atoms with E-state index in [1.807, 2.05) is 6.08 Å². The molecule has 56 valence electrons. The number of allylic oxidation sites excluding steroid dienone is 2. The highest BCUT2D eigenvalue weighted by atomic mass is 79.9. The van der Waals surface area contributed by atoms with E-state index in [1.54, 1.807) is 12.2 Å². The van der Waals surface area contributed by atoms with E-state index < -0.39 is 4.51 Å². The summed E-state index contributed by atoms with van der Waals surface area (Å²) in [5.41, 5.74) is 0. The molecule has 0 radical (unpaired) electrons. The maximum atomic E-state index is 9.48. The first-order valence-corrected chi connectivity index (χ1v) is 5.14. The van der Waals surface area contributed by atoms with Crippen molar-refractivity contribution in [1.29, 1.82) is 0 Å². The largest absolute Gasteiger partial charge is 0.374 e. The quantitative estimate of drug-likeness (QED) is 0.676. The van der Waals surface area contributed by atoms with Gasteiger partial charge in [0, 0.05) is 4.48 Å². The predicted octanol–water partition coefficient (Wildman–Crippen LogP) is 2.68. The first-order valence-electron chi connectivity index (χ1n) is 2.64. The van der Waals surface area contributed by atoms with Crippen LogP contribution in [0.5, 0.6) is 0 Å². The van der Waals surface area contributed by atoms with Crippen LogP contribution in [0.25, 0.3) is 0 Å².